The first kappa shape index (κ1) is 16.3. The van der Waals surface area contributed by atoms with E-state index < -0.39 is 0 Å². The van der Waals surface area contributed by atoms with Crippen LogP contribution < -0.4 is 10.2 Å². The van der Waals surface area contributed by atoms with Gasteiger partial charge in [0.1, 0.15) is 11.6 Å². The summed E-state index contributed by atoms with van der Waals surface area (Å²) >= 11 is 0. The summed E-state index contributed by atoms with van der Waals surface area (Å²) < 4.78 is 16.2. The van der Waals surface area contributed by atoms with Crippen molar-refractivity contribution in [1.82, 2.24) is 14.5 Å². The summed E-state index contributed by atoms with van der Waals surface area (Å²) in [5.74, 6) is 0.237. The number of likely N-dealkylation sites (N-methyl/N-ethyl adjacent to an activating group) is 1. The van der Waals surface area contributed by atoms with E-state index >= 15 is 0 Å². The van der Waals surface area contributed by atoms with Crippen molar-refractivity contribution in [3.8, 4) is 5.69 Å². The van der Waals surface area contributed by atoms with Gasteiger partial charge in [0.15, 0.2) is 0 Å². The number of carbonyl (C=O) groups is 1. The number of hydrogen-bond acceptors (Lipinski definition) is 4. The minimum absolute atomic E-state index is 0.0208. The third kappa shape index (κ3) is 2.71. The molecule has 0 radical (unpaired) electrons. The smallest absolute Gasteiger partial charge is 0.231 e. The van der Waals surface area contributed by atoms with Gasteiger partial charge in [-0.2, -0.15) is 0 Å². The van der Waals surface area contributed by atoms with Gasteiger partial charge >= 0.3 is 0 Å². The van der Waals surface area contributed by atoms with Crippen molar-refractivity contribution in [2.24, 2.45) is 0 Å². The molecule has 7 heteroatoms. The van der Waals surface area contributed by atoms with E-state index in [1.54, 1.807) is 41.2 Å². The molecule has 6 nitrogen and oxygen atoms in total. The molecule has 0 aliphatic carbocycles. The number of hydrogen-bond donors (Lipinski definition) is 1. The number of nitrogens with one attached hydrogen (secondary N) is 1. The lowest BCUT2D eigenvalue weighted by Crippen LogP contribution is -2.20. The van der Waals surface area contributed by atoms with Crippen LogP contribution >= 0.6 is 0 Å². The van der Waals surface area contributed by atoms with E-state index in [1.807, 2.05) is 19.9 Å². The lowest BCUT2D eigenvalue weighted by molar-refractivity contribution is -0.117. The first-order valence-corrected chi connectivity index (χ1v) is 8.27. The van der Waals surface area contributed by atoms with Crippen LogP contribution in [0.15, 0.2) is 36.8 Å². The Morgan fingerprint density at radius 3 is 2.65 bits per heavy atom. The molecule has 0 unspecified atom stereocenters. The van der Waals surface area contributed by atoms with Crippen molar-refractivity contribution in [3.05, 3.63) is 59.6 Å². The minimum atomic E-state index is -0.370. The Bertz CT molecular complexity index is 1030. The van der Waals surface area contributed by atoms with Gasteiger partial charge in [0.25, 0.3) is 0 Å². The molecule has 1 N–H and O–H groups in total. The lowest BCUT2D eigenvalue weighted by atomic mass is 10.1. The molecule has 0 bridgehead atoms. The number of amides is 1. The Kier molecular flexibility index (Phi) is 3.72. The Balaban J connectivity index is 1.68. The third-order valence-electron chi connectivity index (χ3n) is 4.49. The van der Waals surface area contributed by atoms with Gasteiger partial charge in [-0.1, -0.05) is 0 Å². The molecule has 1 amide bonds. The second-order valence-corrected chi connectivity index (χ2v) is 6.45. The van der Waals surface area contributed by atoms with E-state index in [-0.39, 0.29) is 18.1 Å². The van der Waals surface area contributed by atoms with Gasteiger partial charge in [-0.3, -0.25) is 4.79 Å². The normalized spacial score (nSPS) is 13.2. The van der Waals surface area contributed by atoms with Crippen LogP contribution in [-0.2, 0) is 11.2 Å². The number of anilines is 3. The largest absolute Gasteiger partial charge is 0.340 e. The van der Waals surface area contributed by atoms with E-state index in [2.05, 4.69) is 15.3 Å². The van der Waals surface area contributed by atoms with Crippen LogP contribution in [0.4, 0.5) is 21.6 Å². The number of benzene rings is 1. The van der Waals surface area contributed by atoms with Gasteiger partial charge in [0, 0.05) is 30.2 Å². The minimum Gasteiger partial charge on any atom is -0.340 e. The van der Waals surface area contributed by atoms with Gasteiger partial charge in [-0.25, -0.2) is 14.4 Å². The second kappa shape index (κ2) is 5.94. The first-order chi connectivity index (χ1) is 12.4. The fourth-order valence-electron chi connectivity index (χ4n) is 3.15. The van der Waals surface area contributed by atoms with Crippen LogP contribution in [0.5, 0.6) is 0 Å². The van der Waals surface area contributed by atoms with Crippen LogP contribution in [0.3, 0.4) is 0 Å². The quantitative estimate of drug-likeness (QED) is 0.787. The highest BCUT2D eigenvalue weighted by Gasteiger charge is 2.28. The summed E-state index contributed by atoms with van der Waals surface area (Å²) in [6.07, 6.45) is 3.63. The molecule has 2 aromatic heterocycles. The molecule has 3 heterocycles. The SMILES string of the molecule is Cc1cn(-c2ccc(Nc3nc(C)cc4c3CC(=O)N4C)cc2F)cn1. The summed E-state index contributed by atoms with van der Waals surface area (Å²) in [5, 5.41) is 3.16. The van der Waals surface area contributed by atoms with E-state index in [9.17, 15) is 9.18 Å². The Morgan fingerprint density at radius 1 is 1.15 bits per heavy atom. The zero-order valence-corrected chi connectivity index (χ0v) is 14.7. The zero-order valence-electron chi connectivity index (χ0n) is 14.7. The highest BCUT2D eigenvalue weighted by atomic mass is 19.1. The number of fused-ring (bicyclic) bond motifs is 1. The van der Waals surface area contributed by atoms with Crippen molar-refractivity contribution >= 4 is 23.1 Å². The molecule has 0 atom stereocenters. The monoisotopic (exact) mass is 351 g/mol. The molecule has 3 aromatic rings. The van der Waals surface area contributed by atoms with Crippen molar-refractivity contribution in [3.63, 3.8) is 0 Å². The van der Waals surface area contributed by atoms with Gasteiger partial charge in [0.2, 0.25) is 5.91 Å². The summed E-state index contributed by atoms with van der Waals surface area (Å²) in [6.45, 7) is 3.72. The summed E-state index contributed by atoms with van der Waals surface area (Å²) in [4.78, 5) is 22.2. The van der Waals surface area contributed by atoms with Crippen LogP contribution in [0.25, 0.3) is 5.69 Å². The molecule has 0 saturated carbocycles. The molecule has 26 heavy (non-hydrogen) atoms. The van der Waals surface area contributed by atoms with Gasteiger partial charge in [-0.15, -0.1) is 0 Å². The molecular formula is C19H18FN5O. The first-order valence-electron chi connectivity index (χ1n) is 8.27. The highest BCUT2D eigenvalue weighted by molar-refractivity contribution is 6.02. The predicted octanol–water partition coefficient (Wildman–Crippen LogP) is 3.29. The Hall–Kier alpha value is -3.22. The van der Waals surface area contributed by atoms with Crippen LogP contribution in [0.2, 0.25) is 0 Å². The van der Waals surface area contributed by atoms with Crippen LogP contribution in [-0.4, -0.2) is 27.5 Å². The van der Waals surface area contributed by atoms with Crippen molar-refractivity contribution < 1.29 is 9.18 Å². The van der Waals surface area contributed by atoms with Crippen molar-refractivity contribution in [1.29, 1.82) is 0 Å². The molecule has 4 rings (SSSR count). The van der Waals surface area contributed by atoms with E-state index in [0.717, 1.165) is 22.6 Å². The molecule has 0 fully saturated rings. The number of imidazole rings is 1. The fraction of sp³-hybridized carbons (Fsp3) is 0.211. The van der Waals surface area contributed by atoms with E-state index in [1.165, 1.54) is 6.07 Å². The molecule has 1 aromatic carbocycles. The van der Waals surface area contributed by atoms with Gasteiger partial charge in [-0.05, 0) is 38.1 Å². The average Bonchev–Trinajstić information content (AvgIpc) is 3.13. The van der Waals surface area contributed by atoms with E-state index in [4.69, 9.17) is 0 Å². The number of rotatable bonds is 3. The molecule has 1 aliphatic rings. The number of aryl methyl sites for hydroxylation is 2. The highest BCUT2D eigenvalue weighted by Crippen LogP contribution is 2.34. The van der Waals surface area contributed by atoms with Gasteiger partial charge in [0.05, 0.1) is 29.8 Å². The lowest BCUT2D eigenvalue weighted by Gasteiger charge is -2.14. The van der Waals surface area contributed by atoms with Crippen LogP contribution in [0.1, 0.15) is 17.0 Å². The molecule has 0 spiro atoms. The maximum atomic E-state index is 14.6. The summed E-state index contributed by atoms with van der Waals surface area (Å²) in [7, 11) is 1.75. The molecule has 132 valence electrons. The standard InChI is InChI=1S/C19H18FN5O/c1-11-6-17-14(8-18(26)24(17)3)19(22-11)23-13-4-5-16(15(20)7-13)25-9-12(2)21-10-25/h4-7,9-10H,8H2,1-3H3,(H,22,23). The third-order valence-corrected chi connectivity index (χ3v) is 4.49. The number of aromatic nitrogens is 3. The number of pyridine rings is 1. The van der Waals surface area contributed by atoms with Gasteiger partial charge < -0.3 is 14.8 Å². The molecule has 1 aliphatic heterocycles. The topological polar surface area (TPSA) is 63.1 Å². The van der Waals surface area contributed by atoms with Crippen LogP contribution in [0, 0.1) is 19.7 Å². The van der Waals surface area contributed by atoms with Crippen molar-refractivity contribution in [2.45, 2.75) is 20.3 Å². The number of carbonyl (C=O) groups excluding carboxylic acids is 1. The predicted molar refractivity (Wildman–Crippen MR) is 97.6 cm³/mol. The maximum absolute atomic E-state index is 14.6. The Labute approximate surface area is 150 Å². The summed E-state index contributed by atoms with van der Waals surface area (Å²) in [6, 6.07) is 6.77. The molecule has 0 saturated heterocycles. The zero-order chi connectivity index (χ0) is 18.4. The number of halogens is 1. The van der Waals surface area contributed by atoms with E-state index in [0.29, 0.717) is 17.2 Å². The Morgan fingerprint density at radius 2 is 1.96 bits per heavy atom. The number of nitrogens with zero attached hydrogens (tertiary/aromatic N) is 4. The maximum Gasteiger partial charge on any atom is 0.231 e. The molecular weight excluding hydrogens is 333 g/mol. The van der Waals surface area contributed by atoms with Crippen molar-refractivity contribution in [2.75, 3.05) is 17.3 Å². The fourth-order valence-corrected chi connectivity index (χ4v) is 3.15. The average molecular weight is 351 g/mol. The summed E-state index contributed by atoms with van der Waals surface area (Å²) in [5.41, 5.74) is 4.28. The second-order valence-electron chi connectivity index (χ2n) is 6.45.